The molecule has 8 nitrogen and oxygen atoms in total. The van der Waals surface area contributed by atoms with Crippen LogP contribution in [-0.4, -0.2) is 70.1 Å². The Kier molecular flexibility index (Phi) is 5.59. The summed E-state index contributed by atoms with van der Waals surface area (Å²) in [5.74, 6) is -0.164. The number of aromatic nitrogens is 1. The Labute approximate surface area is 169 Å². The van der Waals surface area contributed by atoms with Crippen LogP contribution >= 0.6 is 0 Å². The molecule has 0 radical (unpaired) electrons. The van der Waals surface area contributed by atoms with E-state index in [9.17, 15) is 14.4 Å². The fraction of sp³-hybridized carbons (Fsp3) is 0.429. The van der Waals surface area contributed by atoms with E-state index in [1.165, 1.54) is 6.26 Å². The predicted octanol–water partition coefficient (Wildman–Crippen LogP) is 1.40. The third-order valence-corrected chi connectivity index (χ3v) is 5.49. The Balaban J connectivity index is 1.34. The van der Waals surface area contributed by atoms with E-state index in [1.807, 2.05) is 12.1 Å². The van der Waals surface area contributed by atoms with Gasteiger partial charge < -0.3 is 19.1 Å². The summed E-state index contributed by atoms with van der Waals surface area (Å²) in [6, 6.07) is 7.10. The van der Waals surface area contributed by atoms with Gasteiger partial charge in [-0.05, 0) is 30.2 Å². The summed E-state index contributed by atoms with van der Waals surface area (Å²) < 4.78 is 5.20. The molecule has 2 saturated heterocycles. The number of carbonyl (C=O) groups excluding carboxylic acids is 3. The molecule has 29 heavy (non-hydrogen) atoms. The molecule has 2 aliphatic heterocycles. The van der Waals surface area contributed by atoms with Gasteiger partial charge in [0.2, 0.25) is 11.8 Å². The van der Waals surface area contributed by atoms with Crippen molar-refractivity contribution >= 4 is 17.7 Å². The van der Waals surface area contributed by atoms with Crippen molar-refractivity contribution in [3.63, 3.8) is 0 Å². The first-order chi connectivity index (χ1) is 14.1. The zero-order chi connectivity index (χ0) is 20.2. The summed E-state index contributed by atoms with van der Waals surface area (Å²) in [5.41, 5.74) is 0.954. The van der Waals surface area contributed by atoms with Crippen LogP contribution in [0.2, 0.25) is 0 Å². The zero-order valence-corrected chi connectivity index (χ0v) is 16.2. The molecule has 0 aromatic carbocycles. The molecule has 2 fully saturated rings. The van der Waals surface area contributed by atoms with Gasteiger partial charge in [-0.25, -0.2) is 0 Å². The van der Waals surface area contributed by atoms with E-state index >= 15 is 0 Å². The number of nitrogens with zero attached hydrogens (tertiary/aromatic N) is 4. The maximum atomic E-state index is 13.0. The Morgan fingerprint density at radius 2 is 1.93 bits per heavy atom. The molecule has 2 aromatic heterocycles. The first kappa shape index (κ1) is 19.2. The predicted molar refractivity (Wildman–Crippen MR) is 104 cm³/mol. The Morgan fingerprint density at radius 3 is 2.69 bits per heavy atom. The van der Waals surface area contributed by atoms with Crippen LogP contribution in [-0.2, 0) is 16.1 Å². The molecule has 0 bridgehead atoms. The number of rotatable bonds is 4. The van der Waals surface area contributed by atoms with Crippen molar-refractivity contribution in [2.75, 3.05) is 32.7 Å². The molecule has 0 N–H and O–H groups in total. The van der Waals surface area contributed by atoms with E-state index in [-0.39, 0.29) is 30.1 Å². The van der Waals surface area contributed by atoms with Crippen molar-refractivity contribution < 1.29 is 18.8 Å². The SMILES string of the molecule is O=C1CC(C(=O)N2CCCN(C(=O)c3ccco3)CC2)CN1Cc1cccnc1. The van der Waals surface area contributed by atoms with E-state index in [0.717, 1.165) is 5.56 Å². The first-order valence-electron chi connectivity index (χ1n) is 9.90. The van der Waals surface area contributed by atoms with E-state index in [1.54, 1.807) is 39.2 Å². The molecule has 0 saturated carbocycles. The molecule has 2 aromatic rings. The molecule has 1 atom stereocenters. The van der Waals surface area contributed by atoms with Crippen LogP contribution in [0.3, 0.4) is 0 Å². The van der Waals surface area contributed by atoms with Gasteiger partial charge in [-0.1, -0.05) is 6.07 Å². The van der Waals surface area contributed by atoms with E-state index in [2.05, 4.69) is 4.98 Å². The minimum absolute atomic E-state index is 0.000616. The number of amides is 3. The molecular formula is C21H24N4O4. The topological polar surface area (TPSA) is 87.0 Å². The largest absolute Gasteiger partial charge is 0.459 e. The number of pyridine rings is 1. The lowest BCUT2D eigenvalue weighted by Crippen LogP contribution is -2.40. The average molecular weight is 396 g/mol. The van der Waals surface area contributed by atoms with Gasteiger partial charge in [-0.2, -0.15) is 0 Å². The third-order valence-electron chi connectivity index (χ3n) is 5.49. The Hall–Kier alpha value is -3.16. The molecule has 0 aliphatic carbocycles. The third kappa shape index (κ3) is 4.31. The fourth-order valence-corrected chi connectivity index (χ4v) is 3.96. The van der Waals surface area contributed by atoms with Crippen LogP contribution < -0.4 is 0 Å². The molecule has 8 heteroatoms. The molecule has 3 amide bonds. The molecule has 0 spiro atoms. The number of furan rings is 1. The second-order valence-electron chi connectivity index (χ2n) is 7.48. The minimum Gasteiger partial charge on any atom is -0.459 e. The monoisotopic (exact) mass is 396 g/mol. The van der Waals surface area contributed by atoms with Crippen LogP contribution in [0.25, 0.3) is 0 Å². The van der Waals surface area contributed by atoms with Crippen LogP contribution in [0.15, 0.2) is 47.3 Å². The maximum absolute atomic E-state index is 13.0. The van der Waals surface area contributed by atoms with Crippen LogP contribution in [0, 0.1) is 5.92 Å². The number of hydrogen-bond acceptors (Lipinski definition) is 5. The maximum Gasteiger partial charge on any atom is 0.289 e. The van der Waals surface area contributed by atoms with E-state index in [0.29, 0.717) is 51.4 Å². The molecule has 2 aliphatic rings. The van der Waals surface area contributed by atoms with Gasteiger partial charge in [-0.15, -0.1) is 0 Å². The number of hydrogen-bond donors (Lipinski definition) is 0. The fourth-order valence-electron chi connectivity index (χ4n) is 3.96. The minimum atomic E-state index is -0.327. The smallest absolute Gasteiger partial charge is 0.289 e. The van der Waals surface area contributed by atoms with E-state index < -0.39 is 0 Å². The molecule has 4 rings (SSSR count). The highest BCUT2D eigenvalue weighted by Crippen LogP contribution is 2.23. The highest BCUT2D eigenvalue weighted by Gasteiger charge is 2.37. The van der Waals surface area contributed by atoms with Gasteiger partial charge in [0, 0.05) is 58.1 Å². The molecule has 152 valence electrons. The van der Waals surface area contributed by atoms with Crippen molar-refractivity contribution in [1.82, 2.24) is 19.7 Å². The van der Waals surface area contributed by atoms with Crippen molar-refractivity contribution in [3.05, 3.63) is 54.2 Å². The summed E-state index contributed by atoms with van der Waals surface area (Å²) in [6.45, 7) is 3.01. The Morgan fingerprint density at radius 1 is 1.10 bits per heavy atom. The van der Waals surface area contributed by atoms with Gasteiger partial charge in [0.25, 0.3) is 5.91 Å². The molecule has 4 heterocycles. The number of likely N-dealkylation sites (tertiary alicyclic amines) is 1. The second kappa shape index (κ2) is 8.46. The lowest BCUT2D eigenvalue weighted by Gasteiger charge is -2.24. The van der Waals surface area contributed by atoms with Gasteiger partial charge in [0.15, 0.2) is 5.76 Å². The number of carbonyl (C=O) groups is 3. The van der Waals surface area contributed by atoms with Crippen LogP contribution in [0.1, 0.15) is 29.0 Å². The van der Waals surface area contributed by atoms with Crippen LogP contribution in [0.4, 0.5) is 0 Å². The quantitative estimate of drug-likeness (QED) is 0.780. The van der Waals surface area contributed by atoms with Gasteiger partial charge in [0.1, 0.15) is 0 Å². The van der Waals surface area contributed by atoms with Crippen molar-refractivity contribution in [1.29, 1.82) is 0 Å². The summed E-state index contributed by atoms with van der Waals surface area (Å²) in [6.07, 6.45) is 5.86. The molecular weight excluding hydrogens is 372 g/mol. The Bertz CT molecular complexity index is 868. The summed E-state index contributed by atoms with van der Waals surface area (Å²) in [7, 11) is 0. The van der Waals surface area contributed by atoms with Gasteiger partial charge in [0.05, 0.1) is 12.2 Å². The van der Waals surface area contributed by atoms with E-state index in [4.69, 9.17) is 4.42 Å². The summed E-state index contributed by atoms with van der Waals surface area (Å²) >= 11 is 0. The lowest BCUT2D eigenvalue weighted by molar-refractivity contribution is -0.135. The summed E-state index contributed by atoms with van der Waals surface area (Å²) in [5, 5.41) is 0. The second-order valence-corrected chi connectivity index (χ2v) is 7.48. The average Bonchev–Trinajstić information content (AvgIpc) is 3.32. The van der Waals surface area contributed by atoms with Gasteiger partial charge >= 0.3 is 0 Å². The zero-order valence-electron chi connectivity index (χ0n) is 16.2. The van der Waals surface area contributed by atoms with Crippen molar-refractivity contribution in [2.45, 2.75) is 19.4 Å². The normalized spacial score (nSPS) is 20.1. The van der Waals surface area contributed by atoms with Crippen LogP contribution in [0.5, 0.6) is 0 Å². The molecule has 1 unspecified atom stereocenters. The standard InChI is InChI=1S/C21H24N4O4/c26-19-12-17(15-25(19)14-16-4-1-6-22-13-16)20(27)23-7-3-8-24(10-9-23)21(28)18-5-2-11-29-18/h1-2,4-6,11,13,17H,3,7-10,12,14-15H2. The van der Waals surface area contributed by atoms with Gasteiger partial charge in [-0.3, -0.25) is 19.4 Å². The lowest BCUT2D eigenvalue weighted by atomic mass is 10.1. The van der Waals surface area contributed by atoms with Crippen molar-refractivity contribution in [2.24, 2.45) is 5.92 Å². The highest BCUT2D eigenvalue weighted by atomic mass is 16.3. The highest BCUT2D eigenvalue weighted by molar-refractivity contribution is 5.92. The first-order valence-corrected chi connectivity index (χ1v) is 9.90. The van der Waals surface area contributed by atoms with Crippen molar-refractivity contribution in [3.8, 4) is 0 Å². The summed E-state index contributed by atoms with van der Waals surface area (Å²) in [4.78, 5) is 47.2.